The summed E-state index contributed by atoms with van der Waals surface area (Å²) in [5, 5.41) is -0.324. The first-order chi connectivity index (χ1) is 5.65. The van der Waals surface area contributed by atoms with E-state index in [0.29, 0.717) is 6.29 Å². The van der Waals surface area contributed by atoms with Gasteiger partial charge in [0.25, 0.3) is 6.43 Å². The summed E-state index contributed by atoms with van der Waals surface area (Å²) in [5.41, 5.74) is -0.313. The van der Waals surface area contributed by atoms with E-state index in [-0.39, 0.29) is 16.4 Å². The Labute approximate surface area is 72.2 Å². The smallest absolute Gasteiger partial charge is 0.266 e. The molecule has 0 spiro atoms. The molecule has 0 bridgehead atoms. The van der Waals surface area contributed by atoms with E-state index in [1.54, 1.807) is 0 Å². The molecule has 1 rings (SSSR count). The van der Waals surface area contributed by atoms with Gasteiger partial charge in [0.05, 0.1) is 5.56 Å². The minimum atomic E-state index is -2.66. The molecule has 1 aromatic heterocycles. The molecule has 12 heavy (non-hydrogen) atoms. The van der Waals surface area contributed by atoms with Crippen molar-refractivity contribution >= 4 is 17.9 Å². The molecule has 0 atom stereocenters. The number of hydrogen-bond donors (Lipinski definition) is 0. The van der Waals surface area contributed by atoms with Crippen molar-refractivity contribution in [1.82, 2.24) is 4.98 Å². The number of aromatic nitrogens is 1. The van der Waals surface area contributed by atoms with Crippen molar-refractivity contribution in [2.45, 2.75) is 6.43 Å². The Morgan fingerprint density at radius 2 is 2.17 bits per heavy atom. The summed E-state index contributed by atoms with van der Waals surface area (Å²) >= 11 is 5.35. The van der Waals surface area contributed by atoms with Crippen molar-refractivity contribution in [3.8, 4) is 0 Å². The molecule has 0 saturated heterocycles. The predicted octanol–water partition coefficient (Wildman–Crippen LogP) is 2.49. The normalized spacial score (nSPS) is 10.3. The van der Waals surface area contributed by atoms with E-state index in [9.17, 15) is 13.6 Å². The molecule has 2 nitrogen and oxygen atoms in total. The highest BCUT2D eigenvalue weighted by Gasteiger charge is 2.12. The fourth-order valence-corrected chi connectivity index (χ4v) is 0.931. The van der Waals surface area contributed by atoms with Gasteiger partial charge in [0, 0.05) is 0 Å². The molecule has 0 aliphatic rings. The van der Waals surface area contributed by atoms with E-state index in [1.165, 1.54) is 6.07 Å². The number of aldehydes is 1. The second kappa shape index (κ2) is 3.58. The molecule has 0 radical (unpaired) electrons. The monoisotopic (exact) mass is 191 g/mol. The van der Waals surface area contributed by atoms with Gasteiger partial charge in [-0.05, 0) is 12.1 Å². The second-order valence-corrected chi connectivity index (χ2v) is 2.39. The predicted molar refractivity (Wildman–Crippen MR) is 39.6 cm³/mol. The van der Waals surface area contributed by atoms with Gasteiger partial charge >= 0.3 is 0 Å². The van der Waals surface area contributed by atoms with Crippen LogP contribution in [0.3, 0.4) is 0 Å². The molecule has 1 heterocycles. The van der Waals surface area contributed by atoms with Crippen LogP contribution in [0.2, 0.25) is 5.15 Å². The first-order valence-corrected chi connectivity index (χ1v) is 3.42. The van der Waals surface area contributed by atoms with Gasteiger partial charge in [-0.3, -0.25) is 4.79 Å². The topological polar surface area (TPSA) is 30.0 Å². The zero-order chi connectivity index (χ0) is 9.14. The van der Waals surface area contributed by atoms with Crippen molar-refractivity contribution in [2.24, 2.45) is 0 Å². The molecule has 0 fully saturated rings. The summed E-state index contributed by atoms with van der Waals surface area (Å²) in [7, 11) is 0. The van der Waals surface area contributed by atoms with E-state index in [4.69, 9.17) is 11.6 Å². The molecule has 1 aromatic rings. The first-order valence-electron chi connectivity index (χ1n) is 3.05. The first kappa shape index (κ1) is 9.06. The van der Waals surface area contributed by atoms with E-state index >= 15 is 0 Å². The van der Waals surface area contributed by atoms with Crippen molar-refractivity contribution in [3.05, 3.63) is 28.5 Å². The summed E-state index contributed by atoms with van der Waals surface area (Å²) in [6.45, 7) is 0. The molecular formula is C7H4ClF2NO. The Morgan fingerprint density at radius 1 is 1.50 bits per heavy atom. The van der Waals surface area contributed by atoms with E-state index < -0.39 is 6.43 Å². The summed E-state index contributed by atoms with van der Waals surface area (Å²) < 4.78 is 24.1. The molecule has 5 heteroatoms. The highest BCUT2D eigenvalue weighted by molar-refractivity contribution is 6.30. The van der Waals surface area contributed by atoms with Crippen LogP contribution in [-0.4, -0.2) is 11.3 Å². The number of pyridine rings is 1. The van der Waals surface area contributed by atoms with Gasteiger partial charge in [-0.15, -0.1) is 0 Å². The molecule has 0 amide bonds. The van der Waals surface area contributed by atoms with Crippen LogP contribution in [0.1, 0.15) is 22.5 Å². The summed E-state index contributed by atoms with van der Waals surface area (Å²) in [6, 6.07) is 2.28. The summed E-state index contributed by atoms with van der Waals surface area (Å²) in [6.07, 6.45) is -2.22. The fourth-order valence-electron chi connectivity index (χ4n) is 0.687. The minimum Gasteiger partial charge on any atom is -0.296 e. The van der Waals surface area contributed by atoms with E-state index in [1.807, 2.05) is 0 Å². The largest absolute Gasteiger partial charge is 0.296 e. The lowest BCUT2D eigenvalue weighted by Crippen LogP contribution is -1.93. The van der Waals surface area contributed by atoms with Crippen LogP contribution < -0.4 is 0 Å². The number of rotatable bonds is 2. The molecule has 0 aliphatic heterocycles. The minimum absolute atomic E-state index is 0.0457. The Hall–Kier alpha value is -1.03. The van der Waals surface area contributed by atoms with Gasteiger partial charge in [0.2, 0.25) is 0 Å². The van der Waals surface area contributed by atoms with Crippen molar-refractivity contribution < 1.29 is 13.6 Å². The molecule has 0 unspecified atom stereocenters. The Bertz CT molecular complexity index is 303. The zero-order valence-electron chi connectivity index (χ0n) is 5.80. The number of carbonyl (C=O) groups excluding carboxylic acids is 1. The Balaban J connectivity index is 3.11. The number of hydrogen-bond acceptors (Lipinski definition) is 2. The molecule has 0 aliphatic carbocycles. The van der Waals surface area contributed by atoms with Gasteiger partial charge < -0.3 is 0 Å². The van der Waals surface area contributed by atoms with Crippen LogP contribution in [0.15, 0.2) is 12.1 Å². The van der Waals surface area contributed by atoms with Crippen LogP contribution >= 0.6 is 11.6 Å². The third-order valence-corrected chi connectivity index (χ3v) is 1.56. The summed E-state index contributed by atoms with van der Waals surface area (Å²) in [5.74, 6) is 0. The van der Waals surface area contributed by atoms with Crippen LogP contribution in [-0.2, 0) is 0 Å². The van der Waals surface area contributed by atoms with Crippen molar-refractivity contribution in [3.63, 3.8) is 0 Å². The fraction of sp³-hybridized carbons (Fsp3) is 0.143. The third-order valence-electron chi connectivity index (χ3n) is 1.25. The van der Waals surface area contributed by atoms with Gasteiger partial charge in [-0.2, -0.15) is 0 Å². The number of halogens is 3. The maximum absolute atomic E-state index is 12.1. The van der Waals surface area contributed by atoms with Crippen LogP contribution in [0.4, 0.5) is 8.78 Å². The number of carbonyl (C=O) groups is 1. The van der Waals surface area contributed by atoms with Crippen molar-refractivity contribution in [2.75, 3.05) is 0 Å². The van der Waals surface area contributed by atoms with Gasteiger partial charge in [-0.25, -0.2) is 13.8 Å². The lowest BCUT2D eigenvalue weighted by Gasteiger charge is -2.00. The Morgan fingerprint density at radius 3 is 2.58 bits per heavy atom. The quantitative estimate of drug-likeness (QED) is 0.531. The number of nitrogens with zero attached hydrogens (tertiary/aromatic N) is 1. The van der Waals surface area contributed by atoms with Crippen LogP contribution in [0.5, 0.6) is 0 Å². The third kappa shape index (κ3) is 1.76. The average molecular weight is 192 g/mol. The Kier molecular flexibility index (Phi) is 2.70. The molecule has 64 valence electrons. The molecule has 0 aromatic carbocycles. The van der Waals surface area contributed by atoms with Gasteiger partial charge in [0.1, 0.15) is 10.8 Å². The van der Waals surface area contributed by atoms with E-state index in [0.717, 1.165) is 6.07 Å². The molecular weight excluding hydrogens is 188 g/mol. The highest BCUT2D eigenvalue weighted by Crippen LogP contribution is 2.24. The van der Waals surface area contributed by atoms with Gasteiger partial charge in [-0.1, -0.05) is 11.6 Å². The standard InChI is InChI=1S/C7H4ClF2NO/c8-6-5(7(9)10)2-1-4(3-12)11-6/h1-3,7H. The zero-order valence-corrected chi connectivity index (χ0v) is 6.55. The van der Waals surface area contributed by atoms with Crippen LogP contribution in [0, 0.1) is 0 Å². The SMILES string of the molecule is O=Cc1ccc(C(F)F)c(Cl)n1. The summed E-state index contributed by atoms with van der Waals surface area (Å²) in [4.78, 5) is 13.6. The number of alkyl halides is 2. The van der Waals surface area contributed by atoms with Crippen LogP contribution in [0.25, 0.3) is 0 Å². The highest BCUT2D eigenvalue weighted by atomic mass is 35.5. The van der Waals surface area contributed by atoms with E-state index in [2.05, 4.69) is 4.98 Å². The lowest BCUT2D eigenvalue weighted by molar-refractivity contribution is 0.111. The van der Waals surface area contributed by atoms with Crippen molar-refractivity contribution in [1.29, 1.82) is 0 Å². The van der Waals surface area contributed by atoms with Gasteiger partial charge in [0.15, 0.2) is 6.29 Å². The average Bonchev–Trinajstić information content (AvgIpc) is 2.03. The lowest BCUT2D eigenvalue weighted by atomic mass is 10.2. The maximum Gasteiger partial charge on any atom is 0.266 e. The maximum atomic E-state index is 12.1. The second-order valence-electron chi connectivity index (χ2n) is 2.03. The molecule has 0 N–H and O–H groups in total. The molecule has 0 saturated carbocycles.